The molecule has 5 aromatic rings. The number of fused-ring (bicyclic) bond motifs is 2. The van der Waals surface area contributed by atoms with E-state index >= 15 is 0 Å². The van der Waals surface area contributed by atoms with Gasteiger partial charge in [0, 0.05) is 24.6 Å². The molecule has 45 heavy (non-hydrogen) atoms. The fraction of sp³-hybridized carbons (Fsp3) is 0.333. The van der Waals surface area contributed by atoms with Crippen LogP contribution in [0.4, 0.5) is 0 Å². The first kappa shape index (κ1) is 33.3. The molecular formula is C39H45BrN2O2S. The first-order chi connectivity index (χ1) is 21.2. The number of aryl methyl sites for hydroxylation is 2. The summed E-state index contributed by atoms with van der Waals surface area (Å²) in [5.74, 6) is 0.487. The normalized spacial score (nSPS) is 18.7. The molecule has 1 fully saturated rings. The molecule has 1 saturated heterocycles. The first-order valence-corrected chi connectivity index (χ1v) is 17.6. The van der Waals surface area contributed by atoms with Gasteiger partial charge in [0.25, 0.3) is 0 Å². The Morgan fingerprint density at radius 1 is 0.756 bits per heavy atom. The van der Waals surface area contributed by atoms with Gasteiger partial charge in [-0.05, 0) is 85.3 Å². The second-order valence-electron chi connectivity index (χ2n) is 13.0. The molecule has 0 amide bonds. The van der Waals surface area contributed by atoms with Crippen molar-refractivity contribution in [3.05, 3.63) is 125 Å². The Labute approximate surface area is 280 Å². The third kappa shape index (κ3) is 7.69. The van der Waals surface area contributed by atoms with Gasteiger partial charge in [0.15, 0.2) is 0 Å². The van der Waals surface area contributed by atoms with Crippen molar-refractivity contribution in [2.75, 3.05) is 26.2 Å². The maximum Gasteiger partial charge on any atom is 0.243 e. The zero-order chi connectivity index (χ0) is 30.7. The number of piperidine rings is 1. The summed E-state index contributed by atoms with van der Waals surface area (Å²) in [6, 6.07) is 35.0. The molecule has 5 aromatic carbocycles. The minimum Gasteiger partial charge on any atom is -1.00 e. The smallest absolute Gasteiger partial charge is 0.243 e. The molecule has 0 bridgehead atoms. The molecule has 6 heteroatoms. The van der Waals surface area contributed by atoms with E-state index in [9.17, 15) is 8.42 Å². The molecule has 0 saturated carbocycles. The standard InChI is InChI=1S/C39H45N2O2S.BrH/c1-4-41(29-34-23-30(2)22-31(3)24-34)21-9-10-32(28-41)19-20-40(27-33-15-16-35-11-5-7-13-37(35)25-33)44(42,43)39-18-17-36-12-6-8-14-38(36)26-39;/h5-8,11-18,22-26,32H,4,9-10,19-21,27-29H2,1-3H3;1H/q+1;/p-1. The summed E-state index contributed by atoms with van der Waals surface area (Å²) in [6.45, 7) is 12.0. The second-order valence-corrected chi connectivity index (χ2v) is 15.0. The summed E-state index contributed by atoms with van der Waals surface area (Å²) in [5.41, 5.74) is 5.09. The van der Waals surface area contributed by atoms with Gasteiger partial charge in [-0.25, -0.2) is 8.42 Å². The van der Waals surface area contributed by atoms with Crippen LogP contribution >= 0.6 is 0 Å². The van der Waals surface area contributed by atoms with Crippen molar-refractivity contribution in [3.8, 4) is 0 Å². The summed E-state index contributed by atoms with van der Waals surface area (Å²) in [6.07, 6.45) is 3.21. The van der Waals surface area contributed by atoms with Crippen molar-refractivity contribution in [1.29, 1.82) is 0 Å². The summed E-state index contributed by atoms with van der Waals surface area (Å²) in [7, 11) is -3.71. The lowest BCUT2D eigenvalue weighted by atomic mass is 9.91. The number of sulfonamides is 1. The highest BCUT2D eigenvalue weighted by Gasteiger charge is 2.35. The topological polar surface area (TPSA) is 37.4 Å². The summed E-state index contributed by atoms with van der Waals surface area (Å²) in [4.78, 5) is 0.370. The molecule has 1 aliphatic heterocycles. The lowest BCUT2D eigenvalue weighted by molar-refractivity contribution is -0.947. The highest BCUT2D eigenvalue weighted by Crippen LogP contribution is 2.31. The van der Waals surface area contributed by atoms with E-state index in [1.54, 1.807) is 10.4 Å². The molecule has 6 rings (SSSR count). The predicted octanol–water partition coefficient (Wildman–Crippen LogP) is 5.64. The predicted molar refractivity (Wildman–Crippen MR) is 183 cm³/mol. The molecule has 0 aromatic heterocycles. The molecule has 0 radical (unpaired) electrons. The maximum absolute atomic E-state index is 14.3. The molecule has 1 aliphatic rings. The van der Waals surface area contributed by atoms with Crippen LogP contribution in [0.1, 0.15) is 48.4 Å². The highest BCUT2D eigenvalue weighted by atomic mass is 79.9. The van der Waals surface area contributed by atoms with Gasteiger partial charge in [0.2, 0.25) is 10.0 Å². The molecule has 0 aliphatic carbocycles. The van der Waals surface area contributed by atoms with Crippen molar-refractivity contribution in [1.82, 2.24) is 4.31 Å². The van der Waals surface area contributed by atoms with Crippen molar-refractivity contribution in [3.63, 3.8) is 0 Å². The third-order valence-electron chi connectivity index (χ3n) is 9.68. The van der Waals surface area contributed by atoms with Crippen LogP contribution in [0.25, 0.3) is 21.5 Å². The fourth-order valence-corrected chi connectivity index (χ4v) is 8.88. The molecule has 2 unspecified atom stereocenters. The summed E-state index contributed by atoms with van der Waals surface area (Å²) < 4.78 is 31.5. The van der Waals surface area contributed by atoms with E-state index in [0.29, 0.717) is 23.9 Å². The van der Waals surface area contributed by atoms with E-state index in [1.165, 1.54) is 35.0 Å². The van der Waals surface area contributed by atoms with Crippen LogP contribution in [0.2, 0.25) is 0 Å². The fourth-order valence-electron chi connectivity index (χ4n) is 7.40. The molecule has 1 heterocycles. The van der Waals surface area contributed by atoms with E-state index in [1.807, 2.05) is 48.5 Å². The summed E-state index contributed by atoms with van der Waals surface area (Å²) >= 11 is 0. The van der Waals surface area contributed by atoms with Crippen LogP contribution in [0.3, 0.4) is 0 Å². The number of halogens is 1. The van der Waals surface area contributed by atoms with Crippen molar-refractivity contribution < 1.29 is 29.9 Å². The number of benzene rings is 5. The average Bonchev–Trinajstić information content (AvgIpc) is 3.02. The molecule has 0 spiro atoms. The Morgan fingerprint density at radius 2 is 1.38 bits per heavy atom. The van der Waals surface area contributed by atoms with Crippen molar-refractivity contribution in [2.24, 2.45) is 5.92 Å². The van der Waals surface area contributed by atoms with Gasteiger partial charge in [0.05, 0.1) is 24.5 Å². The van der Waals surface area contributed by atoms with Gasteiger partial charge < -0.3 is 21.5 Å². The molecule has 236 valence electrons. The largest absolute Gasteiger partial charge is 1.00 e. The van der Waals surface area contributed by atoms with Crippen molar-refractivity contribution >= 4 is 31.6 Å². The van der Waals surface area contributed by atoms with E-state index in [2.05, 4.69) is 69.3 Å². The molecule has 4 nitrogen and oxygen atoms in total. The first-order valence-electron chi connectivity index (χ1n) is 16.1. The quantitative estimate of drug-likeness (QED) is 0.179. The highest BCUT2D eigenvalue weighted by molar-refractivity contribution is 7.89. The van der Waals surface area contributed by atoms with Crippen LogP contribution in [0, 0.1) is 19.8 Å². The van der Waals surface area contributed by atoms with E-state index in [0.717, 1.165) is 58.7 Å². The number of hydrogen-bond acceptors (Lipinski definition) is 2. The van der Waals surface area contributed by atoms with E-state index in [-0.39, 0.29) is 17.0 Å². The summed E-state index contributed by atoms with van der Waals surface area (Å²) in [5, 5.41) is 4.30. The van der Waals surface area contributed by atoms with Gasteiger partial charge >= 0.3 is 0 Å². The number of likely N-dealkylation sites (tertiary alicyclic amines) is 1. The van der Waals surface area contributed by atoms with Gasteiger partial charge in [-0.3, -0.25) is 0 Å². The Morgan fingerprint density at radius 3 is 2.04 bits per heavy atom. The number of nitrogens with zero attached hydrogens (tertiary/aromatic N) is 2. The Bertz CT molecular complexity index is 1870. The molecular weight excluding hydrogens is 640 g/mol. The minimum atomic E-state index is -3.71. The van der Waals surface area contributed by atoms with Crippen LogP contribution in [-0.4, -0.2) is 43.4 Å². The number of rotatable bonds is 10. The Kier molecular flexibility index (Phi) is 10.5. The van der Waals surface area contributed by atoms with Crippen LogP contribution in [0.5, 0.6) is 0 Å². The average molecular weight is 686 g/mol. The third-order valence-corrected chi connectivity index (χ3v) is 11.5. The Hall–Kier alpha value is -3.03. The van der Waals surface area contributed by atoms with E-state index in [4.69, 9.17) is 0 Å². The Balaban J connectivity index is 0.00000400. The van der Waals surface area contributed by atoms with Gasteiger partial charge in [-0.2, -0.15) is 4.31 Å². The van der Waals surface area contributed by atoms with Crippen LogP contribution in [0.15, 0.2) is 108 Å². The van der Waals surface area contributed by atoms with Crippen LogP contribution in [-0.2, 0) is 23.1 Å². The molecule has 2 atom stereocenters. The lowest BCUT2D eigenvalue weighted by Gasteiger charge is -2.44. The lowest BCUT2D eigenvalue weighted by Crippen LogP contribution is -3.00. The number of quaternary nitrogens is 1. The van der Waals surface area contributed by atoms with Gasteiger partial charge in [0.1, 0.15) is 6.54 Å². The monoisotopic (exact) mass is 684 g/mol. The zero-order valence-electron chi connectivity index (χ0n) is 26.8. The SMILES string of the molecule is CC[N+]1(Cc2cc(C)cc(C)c2)CCCC(CCN(Cc2ccc3ccccc3c2)S(=O)(=O)c2ccc3ccccc3c2)C1.[Br-]. The van der Waals surface area contributed by atoms with Gasteiger partial charge in [-0.15, -0.1) is 0 Å². The molecule has 0 N–H and O–H groups in total. The maximum atomic E-state index is 14.3. The van der Waals surface area contributed by atoms with Crippen molar-refractivity contribution in [2.45, 2.75) is 58.0 Å². The minimum absolute atomic E-state index is 0. The van der Waals surface area contributed by atoms with Crippen LogP contribution < -0.4 is 17.0 Å². The second kappa shape index (κ2) is 14.2. The van der Waals surface area contributed by atoms with Gasteiger partial charge in [-0.1, -0.05) is 96.1 Å². The number of hydrogen-bond donors (Lipinski definition) is 0. The van der Waals surface area contributed by atoms with E-state index < -0.39 is 10.0 Å². The zero-order valence-corrected chi connectivity index (χ0v) is 29.2.